The zero-order valence-electron chi connectivity index (χ0n) is 18.1. The van der Waals surface area contributed by atoms with Crippen molar-refractivity contribution >= 4 is 28.3 Å². The number of fused-ring (bicyclic) bond motifs is 1. The summed E-state index contributed by atoms with van der Waals surface area (Å²) < 4.78 is 38.2. The molecule has 0 atom stereocenters. The van der Waals surface area contributed by atoms with E-state index in [-0.39, 0.29) is 11.5 Å². The van der Waals surface area contributed by atoms with Crippen molar-refractivity contribution in [2.24, 2.45) is 0 Å². The third-order valence-electron chi connectivity index (χ3n) is 5.89. The molecular formula is C24H21F3N6O. The number of hydrogen-bond donors (Lipinski definition) is 2. The number of piperidine rings is 1. The number of anilines is 2. The van der Waals surface area contributed by atoms with Crippen molar-refractivity contribution in [3.63, 3.8) is 0 Å². The molecule has 7 nitrogen and oxygen atoms in total. The van der Waals surface area contributed by atoms with Crippen LogP contribution in [0.25, 0.3) is 22.0 Å². The van der Waals surface area contributed by atoms with Gasteiger partial charge in [-0.15, -0.1) is 0 Å². The van der Waals surface area contributed by atoms with Crippen LogP contribution in [0.15, 0.2) is 55.0 Å². The summed E-state index contributed by atoms with van der Waals surface area (Å²) >= 11 is 0. The minimum atomic E-state index is -4.50. The van der Waals surface area contributed by atoms with Crippen molar-refractivity contribution in [1.82, 2.24) is 20.2 Å². The Balaban J connectivity index is 1.40. The number of carbonyl (C=O) groups excluding carboxylic acids is 1. The number of nitrogens with one attached hydrogen (secondary N) is 2. The molecule has 1 fully saturated rings. The molecule has 0 unspecified atom stereocenters. The second-order valence-electron chi connectivity index (χ2n) is 8.20. The van der Waals surface area contributed by atoms with Crippen molar-refractivity contribution in [2.75, 3.05) is 23.3 Å². The lowest BCUT2D eigenvalue weighted by atomic mass is 10.0. The Hall–Kier alpha value is -3.95. The number of nitrogens with zero attached hydrogens (tertiary/aromatic N) is 4. The molecule has 174 valence electrons. The van der Waals surface area contributed by atoms with E-state index in [1.165, 1.54) is 6.42 Å². The van der Waals surface area contributed by atoms with Crippen LogP contribution in [0.2, 0.25) is 0 Å². The van der Waals surface area contributed by atoms with Gasteiger partial charge in [0, 0.05) is 36.4 Å². The third kappa shape index (κ3) is 4.43. The highest BCUT2D eigenvalue weighted by Crippen LogP contribution is 2.30. The van der Waals surface area contributed by atoms with Crippen LogP contribution in [0.3, 0.4) is 0 Å². The van der Waals surface area contributed by atoms with Gasteiger partial charge in [-0.2, -0.15) is 18.3 Å². The van der Waals surface area contributed by atoms with Crippen molar-refractivity contribution in [3.8, 4) is 11.1 Å². The lowest BCUT2D eigenvalue weighted by molar-refractivity contribution is -0.137. The highest BCUT2D eigenvalue weighted by Gasteiger charge is 2.30. The van der Waals surface area contributed by atoms with Gasteiger partial charge in [0.25, 0.3) is 5.91 Å². The summed E-state index contributed by atoms with van der Waals surface area (Å²) in [6.45, 7) is 2.02. The highest BCUT2D eigenvalue weighted by molar-refractivity contribution is 6.11. The SMILES string of the molecule is O=C(Nc1ccc(C(F)(F)F)cn1)c1n[nH]c2ccc(-c3cncc(N4CCCCC4)c3)cc12. The van der Waals surface area contributed by atoms with Crippen LogP contribution in [0, 0.1) is 0 Å². The molecule has 2 N–H and O–H groups in total. The molecule has 4 aromatic rings. The molecule has 1 amide bonds. The van der Waals surface area contributed by atoms with Gasteiger partial charge in [0.05, 0.1) is 23.0 Å². The maximum atomic E-state index is 12.8. The predicted molar refractivity (Wildman–Crippen MR) is 123 cm³/mol. The molecule has 0 radical (unpaired) electrons. The minimum Gasteiger partial charge on any atom is -0.370 e. The third-order valence-corrected chi connectivity index (χ3v) is 5.89. The first-order chi connectivity index (χ1) is 16.4. The fraction of sp³-hybridized carbons (Fsp3) is 0.250. The summed E-state index contributed by atoms with van der Waals surface area (Å²) in [5.41, 5.74) is 2.76. The molecule has 1 aromatic carbocycles. The van der Waals surface area contributed by atoms with Crippen LogP contribution in [0.5, 0.6) is 0 Å². The topological polar surface area (TPSA) is 86.8 Å². The Bertz CT molecular complexity index is 1330. The number of benzene rings is 1. The minimum absolute atomic E-state index is 0.00346. The number of hydrogen-bond acceptors (Lipinski definition) is 5. The number of amides is 1. The van der Waals surface area contributed by atoms with E-state index in [0.717, 1.165) is 54.9 Å². The molecule has 0 aliphatic carbocycles. The molecule has 0 saturated carbocycles. The Morgan fingerprint density at radius 2 is 1.79 bits per heavy atom. The van der Waals surface area contributed by atoms with E-state index in [1.807, 2.05) is 24.4 Å². The van der Waals surface area contributed by atoms with Gasteiger partial charge in [-0.05, 0) is 55.2 Å². The number of alkyl halides is 3. The van der Waals surface area contributed by atoms with Gasteiger partial charge >= 0.3 is 6.18 Å². The van der Waals surface area contributed by atoms with Crippen molar-refractivity contribution in [3.05, 3.63) is 66.2 Å². The molecular weight excluding hydrogens is 445 g/mol. The predicted octanol–water partition coefficient (Wildman–Crippen LogP) is 5.28. The van der Waals surface area contributed by atoms with Gasteiger partial charge in [-0.3, -0.25) is 14.9 Å². The maximum absolute atomic E-state index is 12.8. The van der Waals surface area contributed by atoms with Gasteiger partial charge in [0.15, 0.2) is 5.69 Å². The van der Waals surface area contributed by atoms with E-state index in [1.54, 1.807) is 6.20 Å². The highest BCUT2D eigenvalue weighted by atomic mass is 19.4. The van der Waals surface area contributed by atoms with Crippen LogP contribution >= 0.6 is 0 Å². The first kappa shape index (κ1) is 21.9. The number of aromatic amines is 1. The lowest BCUT2D eigenvalue weighted by Crippen LogP contribution is -2.29. The second-order valence-corrected chi connectivity index (χ2v) is 8.20. The van der Waals surface area contributed by atoms with E-state index in [0.29, 0.717) is 17.1 Å². The zero-order valence-corrected chi connectivity index (χ0v) is 18.1. The van der Waals surface area contributed by atoms with E-state index in [2.05, 4.69) is 36.4 Å². The molecule has 4 heterocycles. The van der Waals surface area contributed by atoms with Gasteiger partial charge in [-0.1, -0.05) is 6.07 Å². The first-order valence-corrected chi connectivity index (χ1v) is 10.9. The number of carbonyl (C=O) groups is 1. The van der Waals surface area contributed by atoms with Crippen molar-refractivity contribution in [1.29, 1.82) is 0 Å². The van der Waals surface area contributed by atoms with Gasteiger partial charge in [-0.25, -0.2) is 4.98 Å². The Labute approximate surface area is 193 Å². The Kier molecular flexibility index (Phi) is 5.64. The van der Waals surface area contributed by atoms with E-state index in [9.17, 15) is 18.0 Å². The summed E-state index contributed by atoms with van der Waals surface area (Å²) in [4.78, 5) is 23.2. The lowest BCUT2D eigenvalue weighted by Gasteiger charge is -2.28. The first-order valence-electron chi connectivity index (χ1n) is 10.9. The fourth-order valence-electron chi connectivity index (χ4n) is 4.09. The summed E-state index contributed by atoms with van der Waals surface area (Å²) in [6, 6.07) is 9.68. The van der Waals surface area contributed by atoms with Crippen LogP contribution in [-0.2, 0) is 6.18 Å². The van der Waals surface area contributed by atoms with Crippen molar-refractivity contribution in [2.45, 2.75) is 25.4 Å². The average molecular weight is 466 g/mol. The number of halogens is 3. The normalized spacial score (nSPS) is 14.4. The van der Waals surface area contributed by atoms with Crippen LogP contribution in [0.1, 0.15) is 35.3 Å². The molecule has 5 rings (SSSR count). The summed E-state index contributed by atoms with van der Waals surface area (Å²) in [5.74, 6) is -0.570. The monoisotopic (exact) mass is 466 g/mol. The number of H-pyrrole nitrogens is 1. The van der Waals surface area contributed by atoms with Gasteiger partial charge in [0.2, 0.25) is 0 Å². The molecule has 10 heteroatoms. The number of aromatic nitrogens is 4. The van der Waals surface area contributed by atoms with Crippen LogP contribution < -0.4 is 10.2 Å². The fourth-order valence-corrected chi connectivity index (χ4v) is 4.09. The molecule has 0 bridgehead atoms. The van der Waals surface area contributed by atoms with Crippen LogP contribution in [-0.4, -0.2) is 39.2 Å². The number of rotatable bonds is 4. The summed E-state index contributed by atoms with van der Waals surface area (Å²) in [7, 11) is 0. The Morgan fingerprint density at radius 3 is 2.53 bits per heavy atom. The molecule has 1 aliphatic heterocycles. The van der Waals surface area contributed by atoms with E-state index in [4.69, 9.17) is 0 Å². The molecule has 0 spiro atoms. The Morgan fingerprint density at radius 1 is 0.971 bits per heavy atom. The molecule has 3 aromatic heterocycles. The smallest absolute Gasteiger partial charge is 0.370 e. The quantitative estimate of drug-likeness (QED) is 0.427. The van der Waals surface area contributed by atoms with Crippen molar-refractivity contribution < 1.29 is 18.0 Å². The summed E-state index contributed by atoms with van der Waals surface area (Å²) in [5, 5.41) is 10.0. The number of pyridine rings is 2. The van der Waals surface area contributed by atoms with Crippen LogP contribution in [0.4, 0.5) is 24.7 Å². The molecule has 1 aliphatic rings. The molecule has 1 saturated heterocycles. The zero-order chi connectivity index (χ0) is 23.7. The standard InChI is InChI=1S/C24H21F3N6O/c25-24(26,27)17-5-7-21(29-13-17)30-23(34)22-19-11-15(4-6-20(19)31-32-22)16-10-18(14-28-12-16)33-8-2-1-3-9-33/h4-7,10-14H,1-3,8-9H2,(H,31,32)(H,29,30,34). The second kappa shape index (κ2) is 8.77. The maximum Gasteiger partial charge on any atom is 0.417 e. The van der Waals surface area contributed by atoms with Gasteiger partial charge in [0.1, 0.15) is 5.82 Å². The average Bonchev–Trinajstić information content (AvgIpc) is 3.28. The molecule has 34 heavy (non-hydrogen) atoms. The van der Waals surface area contributed by atoms with E-state index < -0.39 is 17.6 Å². The van der Waals surface area contributed by atoms with Gasteiger partial charge < -0.3 is 10.2 Å². The van der Waals surface area contributed by atoms with E-state index >= 15 is 0 Å². The largest absolute Gasteiger partial charge is 0.417 e. The summed E-state index contributed by atoms with van der Waals surface area (Å²) in [6.07, 6.45) is 3.40.